The van der Waals surface area contributed by atoms with E-state index in [0.29, 0.717) is 28.6 Å². The van der Waals surface area contributed by atoms with E-state index < -0.39 is 12.0 Å². The number of hydrogen-bond donors (Lipinski definition) is 2. The van der Waals surface area contributed by atoms with Gasteiger partial charge in [-0.2, -0.15) is 0 Å². The maximum absolute atomic E-state index is 12.0. The fraction of sp³-hybridized carbons (Fsp3) is 0.500. The lowest BCUT2D eigenvalue weighted by atomic mass is 9.90. The number of benzene rings is 1. The van der Waals surface area contributed by atoms with Crippen molar-refractivity contribution in [2.75, 3.05) is 7.11 Å². The van der Waals surface area contributed by atoms with E-state index in [-0.39, 0.29) is 11.3 Å². The summed E-state index contributed by atoms with van der Waals surface area (Å²) in [6, 6.07) is 3.86. The van der Waals surface area contributed by atoms with Crippen LogP contribution in [-0.2, 0) is 9.59 Å². The monoisotopic (exact) mass is 371 g/mol. The van der Waals surface area contributed by atoms with Crippen LogP contribution in [0.3, 0.4) is 0 Å². The fourth-order valence-corrected chi connectivity index (χ4v) is 2.43. The number of carboxylic acid groups (broad SMARTS) is 1. The Labute approximate surface area is 139 Å². The van der Waals surface area contributed by atoms with E-state index in [1.807, 2.05) is 20.8 Å². The highest BCUT2D eigenvalue weighted by Crippen LogP contribution is 2.28. The van der Waals surface area contributed by atoms with Gasteiger partial charge in [0.1, 0.15) is 5.75 Å². The van der Waals surface area contributed by atoms with Gasteiger partial charge in [0.05, 0.1) is 11.6 Å². The van der Waals surface area contributed by atoms with Crippen molar-refractivity contribution in [3.8, 4) is 5.75 Å². The van der Waals surface area contributed by atoms with Crippen LogP contribution in [0.15, 0.2) is 22.7 Å². The second-order valence-electron chi connectivity index (χ2n) is 6.29. The van der Waals surface area contributed by atoms with E-state index in [9.17, 15) is 14.7 Å². The highest BCUT2D eigenvalue weighted by Gasteiger charge is 2.23. The summed E-state index contributed by atoms with van der Waals surface area (Å²) >= 11 is 3.32. The summed E-state index contributed by atoms with van der Waals surface area (Å²) in [5, 5.41) is 11.9. The number of hydrogen-bond acceptors (Lipinski definition) is 3. The van der Waals surface area contributed by atoms with Crippen molar-refractivity contribution in [1.82, 2.24) is 5.32 Å². The molecule has 5 nitrogen and oxygen atoms in total. The molecule has 1 atom stereocenters. The smallest absolute Gasteiger partial charge is 0.330 e. The molecular weight excluding hydrogens is 350 g/mol. The molecule has 1 unspecified atom stereocenters. The van der Waals surface area contributed by atoms with Crippen LogP contribution in [0, 0.1) is 5.41 Å². The first kappa shape index (κ1) is 18.5. The Bertz CT molecular complexity index is 552. The molecule has 0 aliphatic rings. The van der Waals surface area contributed by atoms with Crippen molar-refractivity contribution < 1.29 is 19.4 Å². The normalized spacial score (nSPS) is 12.6. The van der Waals surface area contributed by atoms with E-state index >= 15 is 0 Å². The third kappa shape index (κ3) is 5.67. The molecule has 0 saturated carbocycles. The highest BCUT2D eigenvalue weighted by atomic mass is 79.9. The standard InChI is InChI=1S/C16H22BrNO4/c1-16(2,3)8-7-13(19)18-14(15(20)21)10-5-6-12(22-4)11(17)9-10/h5-6,9,14H,7-8H2,1-4H3,(H,18,19)(H,20,21). The molecule has 0 heterocycles. The van der Waals surface area contributed by atoms with Crippen LogP contribution >= 0.6 is 15.9 Å². The summed E-state index contributed by atoms with van der Waals surface area (Å²) in [6.45, 7) is 6.11. The second kappa shape index (κ2) is 7.63. The number of nitrogens with one attached hydrogen (secondary N) is 1. The van der Waals surface area contributed by atoms with Crippen LogP contribution < -0.4 is 10.1 Å². The lowest BCUT2D eigenvalue weighted by Gasteiger charge is -2.19. The number of carboxylic acids is 1. The van der Waals surface area contributed by atoms with Gasteiger partial charge in [-0.1, -0.05) is 26.8 Å². The van der Waals surface area contributed by atoms with Gasteiger partial charge in [-0.15, -0.1) is 0 Å². The largest absolute Gasteiger partial charge is 0.496 e. The molecule has 0 aliphatic carbocycles. The molecule has 1 aromatic carbocycles. The zero-order valence-electron chi connectivity index (χ0n) is 13.3. The van der Waals surface area contributed by atoms with Crippen LogP contribution in [-0.4, -0.2) is 24.1 Å². The second-order valence-corrected chi connectivity index (χ2v) is 7.15. The van der Waals surface area contributed by atoms with Gasteiger partial charge in [0, 0.05) is 6.42 Å². The van der Waals surface area contributed by atoms with Gasteiger partial charge in [0.15, 0.2) is 6.04 Å². The van der Waals surface area contributed by atoms with Gasteiger partial charge in [-0.25, -0.2) is 4.79 Å². The van der Waals surface area contributed by atoms with Gasteiger partial charge in [0.25, 0.3) is 0 Å². The highest BCUT2D eigenvalue weighted by molar-refractivity contribution is 9.10. The zero-order chi connectivity index (χ0) is 16.9. The Morgan fingerprint density at radius 2 is 2.00 bits per heavy atom. The number of aliphatic carboxylic acids is 1. The maximum atomic E-state index is 12.0. The molecule has 6 heteroatoms. The Balaban J connectivity index is 2.84. The average molecular weight is 372 g/mol. The first-order chi connectivity index (χ1) is 10.1. The summed E-state index contributed by atoms with van der Waals surface area (Å²) in [7, 11) is 1.53. The van der Waals surface area contributed by atoms with Crippen molar-refractivity contribution in [2.24, 2.45) is 5.41 Å². The Morgan fingerprint density at radius 1 is 1.36 bits per heavy atom. The Morgan fingerprint density at radius 3 is 2.45 bits per heavy atom. The maximum Gasteiger partial charge on any atom is 0.330 e. The van der Waals surface area contributed by atoms with E-state index in [2.05, 4.69) is 21.2 Å². The number of halogens is 1. The number of rotatable bonds is 6. The molecule has 0 bridgehead atoms. The van der Waals surface area contributed by atoms with E-state index in [0.717, 1.165) is 0 Å². The minimum atomic E-state index is -1.10. The zero-order valence-corrected chi connectivity index (χ0v) is 14.9. The number of methoxy groups -OCH3 is 1. The molecule has 22 heavy (non-hydrogen) atoms. The molecule has 0 saturated heterocycles. The molecule has 2 N–H and O–H groups in total. The molecule has 1 rings (SSSR count). The summed E-state index contributed by atoms with van der Waals surface area (Å²) in [5.74, 6) is -0.762. The Hall–Kier alpha value is -1.56. The number of amides is 1. The molecule has 0 aromatic heterocycles. The molecule has 0 radical (unpaired) electrons. The molecule has 0 fully saturated rings. The predicted octanol–water partition coefficient (Wildman–Crippen LogP) is 3.53. The van der Waals surface area contributed by atoms with Crippen molar-refractivity contribution in [3.63, 3.8) is 0 Å². The van der Waals surface area contributed by atoms with E-state index in [1.165, 1.54) is 7.11 Å². The van der Waals surface area contributed by atoms with Crippen molar-refractivity contribution in [3.05, 3.63) is 28.2 Å². The van der Waals surface area contributed by atoms with Crippen molar-refractivity contribution in [2.45, 2.75) is 39.7 Å². The summed E-state index contributed by atoms with van der Waals surface area (Å²) in [4.78, 5) is 23.4. The van der Waals surface area contributed by atoms with E-state index in [4.69, 9.17) is 4.74 Å². The van der Waals surface area contributed by atoms with Gasteiger partial charge in [0.2, 0.25) is 5.91 Å². The molecular formula is C16H22BrNO4. The van der Waals surface area contributed by atoms with Crippen LogP contribution in [0.1, 0.15) is 45.2 Å². The van der Waals surface area contributed by atoms with Crippen LogP contribution in [0.25, 0.3) is 0 Å². The minimum absolute atomic E-state index is 0.0270. The summed E-state index contributed by atoms with van der Waals surface area (Å²) < 4.78 is 5.76. The topological polar surface area (TPSA) is 75.6 Å². The van der Waals surface area contributed by atoms with E-state index in [1.54, 1.807) is 18.2 Å². The fourth-order valence-electron chi connectivity index (χ4n) is 1.87. The molecule has 0 spiro atoms. The first-order valence-corrected chi connectivity index (χ1v) is 7.79. The van der Waals surface area contributed by atoms with Gasteiger partial charge in [-0.3, -0.25) is 4.79 Å². The summed E-state index contributed by atoms with van der Waals surface area (Å²) in [6.07, 6.45) is 0.988. The molecule has 1 amide bonds. The van der Waals surface area contributed by atoms with Crippen LogP contribution in [0.5, 0.6) is 5.75 Å². The van der Waals surface area contributed by atoms with Gasteiger partial charge < -0.3 is 15.2 Å². The molecule has 122 valence electrons. The van der Waals surface area contributed by atoms with Crippen LogP contribution in [0.2, 0.25) is 0 Å². The van der Waals surface area contributed by atoms with Gasteiger partial charge in [-0.05, 0) is 45.5 Å². The van der Waals surface area contributed by atoms with Crippen molar-refractivity contribution in [1.29, 1.82) is 0 Å². The van der Waals surface area contributed by atoms with Crippen LogP contribution in [0.4, 0.5) is 0 Å². The molecule has 1 aromatic rings. The van der Waals surface area contributed by atoms with Crippen molar-refractivity contribution >= 4 is 27.8 Å². The minimum Gasteiger partial charge on any atom is -0.496 e. The lowest BCUT2D eigenvalue weighted by molar-refractivity contribution is -0.142. The average Bonchev–Trinajstić information content (AvgIpc) is 2.41. The Kier molecular flexibility index (Phi) is 6.41. The SMILES string of the molecule is COc1ccc(C(NC(=O)CCC(C)(C)C)C(=O)O)cc1Br. The third-order valence-electron chi connectivity index (χ3n) is 3.16. The molecule has 0 aliphatic heterocycles. The first-order valence-electron chi connectivity index (χ1n) is 6.99. The predicted molar refractivity (Wildman–Crippen MR) is 87.9 cm³/mol. The lowest BCUT2D eigenvalue weighted by Crippen LogP contribution is -2.34. The quantitative estimate of drug-likeness (QED) is 0.801. The summed E-state index contributed by atoms with van der Waals surface area (Å²) in [5.41, 5.74) is 0.517. The number of carbonyl (C=O) groups is 2. The number of carbonyl (C=O) groups excluding carboxylic acids is 1. The van der Waals surface area contributed by atoms with Gasteiger partial charge >= 0.3 is 5.97 Å². The third-order valence-corrected chi connectivity index (χ3v) is 3.78. The number of ether oxygens (including phenoxy) is 1.